The quantitative estimate of drug-likeness (QED) is 0.808. The molecule has 4 heteroatoms. The first-order valence-electron chi connectivity index (χ1n) is 5.28. The molecule has 0 saturated heterocycles. The van der Waals surface area contributed by atoms with E-state index in [-0.39, 0.29) is 0 Å². The molecule has 0 amide bonds. The van der Waals surface area contributed by atoms with E-state index in [0.29, 0.717) is 0 Å². The van der Waals surface area contributed by atoms with Crippen molar-refractivity contribution in [3.63, 3.8) is 0 Å². The van der Waals surface area contributed by atoms with Crippen LogP contribution >= 0.6 is 11.3 Å². The third-order valence-electron chi connectivity index (χ3n) is 2.78. The summed E-state index contributed by atoms with van der Waals surface area (Å²) in [6.45, 7) is 1.84. The first kappa shape index (κ1) is 9.93. The lowest BCUT2D eigenvalue weighted by Crippen LogP contribution is -2.41. The predicted octanol–water partition coefficient (Wildman–Crippen LogP) is 1.85. The number of nitrogens with two attached hydrogens (primary N) is 1. The summed E-state index contributed by atoms with van der Waals surface area (Å²) in [5.74, 6) is 0. The molecule has 0 atom stereocenters. The Hall–Kier alpha value is -0.610. The molecule has 0 aromatic carbocycles. The summed E-state index contributed by atoms with van der Waals surface area (Å²) < 4.78 is 0. The Labute approximate surface area is 88.9 Å². The van der Waals surface area contributed by atoms with E-state index in [1.165, 1.54) is 24.4 Å². The SMILES string of the molecule is NCCCN(c1nccs1)C1CCC1. The molecular weight excluding hydrogens is 194 g/mol. The van der Waals surface area contributed by atoms with Gasteiger partial charge in [-0.2, -0.15) is 0 Å². The predicted molar refractivity (Wildman–Crippen MR) is 60.8 cm³/mol. The molecular formula is C10H17N3S. The monoisotopic (exact) mass is 211 g/mol. The molecule has 2 N–H and O–H groups in total. The fourth-order valence-electron chi connectivity index (χ4n) is 1.75. The zero-order valence-corrected chi connectivity index (χ0v) is 9.17. The number of aromatic nitrogens is 1. The van der Waals surface area contributed by atoms with Crippen LogP contribution in [-0.2, 0) is 0 Å². The largest absolute Gasteiger partial charge is 0.345 e. The van der Waals surface area contributed by atoms with Crippen molar-refractivity contribution in [1.82, 2.24) is 4.98 Å². The van der Waals surface area contributed by atoms with Crippen LogP contribution in [0.3, 0.4) is 0 Å². The van der Waals surface area contributed by atoms with Crippen LogP contribution in [0.1, 0.15) is 25.7 Å². The highest BCUT2D eigenvalue weighted by Gasteiger charge is 2.25. The summed E-state index contributed by atoms with van der Waals surface area (Å²) in [4.78, 5) is 6.81. The van der Waals surface area contributed by atoms with Gasteiger partial charge in [-0.1, -0.05) is 0 Å². The van der Waals surface area contributed by atoms with Gasteiger partial charge < -0.3 is 10.6 Å². The molecule has 1 aromatic heterocycles. The van der Waals surface area contributed by atoms with Crippen LogP contribution in [0.4, 0.5) is 5.13 Å². The van der Waals surface area contributed by atoms with E-state index in [4.69, 9.17) is 5.73 Å². The smallest absolute Gasteiger partial charge is 0.185 e. The molecule has 78 valence electrons. The highest BCUT2D eigenvalue weighted by atomic mass is 32.1. The molecule has 1 heterocycles. The molecule has 0 aliphatic heterocycles. The van der Waals surface area contributed by atoms with Gasteiger partial charge in [-0.05, 0) is 32.2 Å². The van der Waals surface area contributed by atoms with Crippen molar-refractivity contribution in [3.8, 4) is 0 Å². The van der Waals surface area contributed by atoms with Crippen molar-refractivity contribution in [3.05, 3.63) is 11.6 Å². The maximum absolute atomic E-state index is 5.55. The van der Waals surface area contributed by atoms with E-state index in [9.17, 15) is 0 Å². The number of rotatable bonds is 5. The van der Waals surface area contributed by atoms with E-state index in [1.54, 1.807) is 11.3 Å². The third-order valence-corrected chi connectivity index (χ3v) is 3.59. The lowest BCUT2D eigenvalue weighted by molar-refractivity contribution is 0.384. The fraction of sp³-hybridized carbons (Fsp3) is 0.700. The van der Waals surface area contributed by atoms with Crippen LogP contribution in [-0.4, -0.2) is 24.1 Å². The van der Waals surface area contributed by atoms with Gasteiger partial charge in [0, 0.05) is 24.2 Å². The maximum atomic E-state index is 5.55. The highest BCUT2D eigenvalue weighted by molar-refractivity contribution is 7.13. The van der Waals surface area contributed by atoms with Crippen LogP contribution in [0.2, 0.25) is 0 Å². The molecule has 1 aliphatic rings. The lowest BCUT2D eigenvalue weighted by Gasteiger charge is -2.37. The van der Waals surface area contributed by atoms with Gasteiger partial charge in [-0.15, -0.1) is 11.3 Å². The minimum absolute atomic E-state index is 0.729. The molecule has 14 heavy (non-hydrogen) atoms. The van der Waals surface area contributed by atoms with Crippen molar-refractivity contribution in [2.45, 2.75) is 31.7 Å². The molecule has 1 aliphatic carbocycles. The topological polar surface area (TPSA) is 42.1 Å². The van der Waals surface area contributed by atoms with Gasteiger partial charge in [0.15, 0.2) is 5.13 Å². The zero-order valence-electron chi connectivity index (χ0n) is 8.35. The Balaban J connectivity index is 1.98. The molecule has 3 nitrogen and oxygen atoms in total. The minimum Gasteiger partial charge on any atom is -0.345 e. The number of anilines is 1. The summed E-state index contributed by atoms with van der Waals surface area (Å²) in [6.07, 6.45) is 6.97. The zero-order chi connectivity index (χ0) is 9.80. The first-order valence-corrected chi connectivity index (χ1v) is 6.16. The molecule has 0 bridgehead atoms. The number of hydrogen-bond donors (Lipinski definition) is 1. The van der Waals surface area contributed by atoms with E-state index in [2.05, 4.69) is 9.88 Å². The maximum Gasteiger partial charge on any atom is 0.185 e. The normalized spacial score (nSPS) is 16.6. The molecule has 1 fully saturated rings. The van der Waals surface area contributed by atoms with Crippen LogP contribution in [0.25, 0.3) is 0 Å². The van der Waals surface area contributed by atoms with Gasteiger partial charge in [0.1, 0.15) is 0 Å². The Morgan fingerprint density at radius 3 is 2.93 bits per heavy atom. The third kappa shape index (κ3) is 2.07. The number of hydrogen-bond acceptors (Lipinski definition) is 4. The van der Waals surface area contributed by atoms with E-state index < -0.39 is 0 Å². The summed E-state index contributed by atoms with van der Waals surface area (Å²) in [7, 11) is 0. The highest BCUT2D eigenvalue weighted by Crippen LogP contribution is 2.30. The van der Waals surface area contributed by atoms with Gasteiger partial charge in [0.05, 0.1) is 0 Å². The van der Waals surface area contributed by atoms with E-state index in [0.717, 1.165) is 25.6 Å². The van der Waals surface area contributed by atoms with Gasteiger partial charge >= 0.3 is 0 Å². The second kappa shape index (κ2) is 4.75. The minimum atomic E-state index is 0.729. The second-order valence-corrected chi connectivity index (χ2v) is 4.61. The Kier molecular flexibility index (Phi) is 3.37. The van der Waals surface area contributed by atoms with Crippen molar-refractivity contribution in [2.24, 2.45) is 5.73 Å². The van der Waals surface area contributed by atoms with Crippen molar-refractivity contribution < 1.29 is 0 Å². The molecule has 0 unspecified atom stereocenters. The van der Waals surface area contributed by atoms with E-state index >= 15 is 0 Å². The summed E-state index contributed by atoms with van der Waals surface area (Å²) in [5.41, 5.74) is 5.55. The van der Waals surface area contributed by atoms with Crippen LogP contribution < -0.4 is 10.6 Å². The molecule has 0 radical (unpaired) electrons. The van der Waals surface area contributed by atoms with Gasteiger partial charge in [-0.3, -0.25) is 0 Å². The second-order valence-electron chi connectivity index (χ2n) is 3.74. The fourth-order valence-corrected chi connectivity index (χ4v) is 2.49. The van der Waals surface area contributed by atoms with Crippen LogP contribution in [0, 0.1) is 0 Å². The van der Waals surface area contributed by atoms with Gasteiger partial charge in [-0.25, -0.2) is 4.98 Å². The average Bonchev–Trinajstić information content (AvgIpc) is 2.61. The summed E-state index contributed by atoms with van der Waals surface area (Å²) >= 11 is 1.73. The van der Waals surface area contributed by atoms with Crippen LogP contribution in [0.5, 0.6) is 0 Å². The van der Waals surface area contributed by atoms with Crippen molar-refractivity contribution in [1.29, 1.82) is 0 Å². The number of thiazole rings is 1. The lowest BCUT2D eigenvalue weighted by atomic mass is 9.92. The van der Waals surface area contributed by atoms with Crippen molar-refractivity contribution in [2.75, 3.05) is 18.0 Å². The summed E-state index contributed by atoms with van der Waals surface area (Å²) in [5, 5.41) is 3.21. The van der Waals surface area contributed by atoms with Gasteiger partial charge in [0.2, 0.25) is 0 Å². The van der Waals surface area contributed by atoms with E-state index in [1.807, 2.05) is 11.6 Å². The molecule has 1 aromatic rings. The Morgan fingerprint density at radius 1 is 1.57 bits per heavy atom. The summed E-state index contributed by atoms with van der Waals surface area (Å²) in [6, 6.07) is 0.729. The molecule has 0 spiro atoms. The molecule has 2 rings (SSSR count). The average molecular weight is 211 g/mol. The standard InChI is InChI=1S/C10H17N3S/c11-5-2-7-13(9-3-1-4-9)10-12-6-8-14-10/h6,8-9H,1-5,7,11H2. The van der Waals surface area contributed by atoms with Crippen molar-refractivity contribution >= 4 is 16.5 Å². The van der Waals surface area contributed by atoms with Crippen LogP contribution in [0.15, 0.2) is 11.6 Å². The number of nitrogens with zero attached hydrogens (tertiary/aromatic N) is 2. The first-order chi connectivity index (χ1) is 6.92. The Morgan fingerprint density at radius 2 is 2.43 bits per heavy atom. The van der Waals surface area contributed by atoms with Gasteiger partial charge in [0.25, 0.3) is 0 Å². The Bertz CT molecular complexity index is 256. The molecule has 1 saturated carbocycles.